The predicted octanol–water partition coefficient (Wildman–Crippen LogP) is 3.07. The average Bonchev–Trinajstić information content (AvgIpc) is 2.24. The van der Waals surface area contributed by atoms with Crippen LogP contribution in [-0.4, -0.2) is 22.2 Å². The summed E-state index contributed by atoms with van der Waals surface area (Å²) >= 11 is 5.96. The molecule has 0 radical (unpaired) electrons. The molecule has 0 unspecified atom stereocenters. The van der Waals surface area contributed by atoms with Crippen LogP contribution in [-0.2, 0) is 0 Å². The van der Waals surface area contributed by atoms with E-state index in [2.05, 4.69) is 10.3 Å². The molecule has 2 aromatic rings. The van der Waals surface area contributed by atoms with Gasteiger partial charge in [0.15, 0.2) is 0 Å². The first kappa shape index (κ1) is 12.1. The fraction of sp³-hybridized carbons (Fsp3) is 0.308. The summed E-state index contributed by atoms with van der Waals surface area (Å²) in [5.74, 6) is 0. The largest absolute Gasteiger partial charge is 0.389 e. The number of nitrogens with zero attached hydrogens (tertiary/aromatic N) is 1. The van der Waals surface area contributed by atoms with Crippen molar-refractivity contribution in [3.63, 3.8) is 0 Å². The van der Waals surface area contributed by atoms with Crippen molar-refractivity contribution in [2.24, 2.45) is 0 Å². The third-order valence-electron chi connectivity index (χ3n) is 2.40. The molecule has 0 aliphatic heterocycles. The minimum Gasteiger partial charge on any atom is -0.389 e. The molecule has 0 fully saturated rings. The van der Waals surface area contributed by atoms with Gasteiger partial charge in [0.2, 0.25) is 0 Å². The van der Waals surface area contributed by atoms with Crippen LogP contribution in [0.3, 0.4) is 0 Å². The molecular weight excluding hydrogens is 236 g/mol. The Kier molecular flexibility index (Phi) is 3.22. The minimum absolute atomic E-state index is 0.446. The Bertz CT molecular complexity index is 534. The fourth-order valence-corrected chi connectivity index (χ4v) is 1.80. The van der Waals surface area contributed by atoms with Gasteiger partial charge in [0.1, 0.15) is 5.15 Å². The average molecular weight is 251 g/mol. The molecular formula is C13H15ClN2O. The van der Waals surface area contributed by atoms with E-state index in [1.54, 1.807) is 19.9 Å². The molecule has 2 N–H and O–H groups in total. The van der Waals surface area contributed by atoms with E-state index in [1.807, 2.05) is 24.3 Å². The number of aromatic nitrogens is 1. The molecule has 2 rings (SSSR count). The first-order chi connectivity index (χ1) is 7.96. The van der Waals surface area contributed by atoms with Gasteiger partial charge in [0, 0.05) is 17.6 Å². The Labute approximate surface area is 105 Å². The lowest BCUT2D eigenvalue weighted by atomic mass is 10.1. The Morgan fingerprint density at radius 3 is 2.76 bits per heavy atom. The van der Waals surface area contributed by atoms with Crippen molar-refractivity contribution in [3.8, 4) is 0 Å². The molecule has 17 heavy (non-hydrogen) atoms. The third-order valence-corrected chi connectivity index (χ3v) is 2.59. The summed E-state index contributed by atoms with van der Waals surface area (Å²) in [6, 6.07) is 9.54. The van der Waals surface area contributed by atoms with Gasteiger partial charge < -0.3 is 10.4 Å². The molecule has 0 saturated carbocycles. The first-order valence-corrected chi connectivity index (χ1v) is 5.85. The lowest BCUT2D eigenvalue weighted by molar-refractivity contribution is 0.0945. The van der Waals surface area contributed by atoms with Crippen molar-refractivity contribution in [1.29, 1.82) is 0 Å². The first-order valence-electron chi connectivity index (χ1n) is 5.47. The molecule has 0 amide bonds. The van der Waals surface area contributed by atoms with Gasteiger partial charge in [0.25, 0.3) is 0 Å². The van der Waals surface area contributed by atoms with Crippen LogP contribution >= 0.6 is 11.6 Å². The molecule has 0 atom stereocenters. The Morgan fingerprint density at radius 1 is 1.35 bits per heavy atom. The molecule has 1 aromatic heterocycles. The highest BCUT2D eigenvalue weighted by Gasteiger charge is 2.13. The number of fused-ring (bicyclic) bond motifs is 1. The number of hydrogen-bond acceptors (Lipinski definition) is 3. The highest BCUT2D eigenvalue weighted by atomic mass is 35.5. The predicted molar refractivity (Wildman–Crippen MR) is 71.5 cm³/mol. The maximum atomic E-state index is 9.71. The monoisotopic (exact) mass is 250 g/mol. The SMILES string of the molecule is CC(C)(O)CNc1cc(Cl)nc2ccccc12. The van der Waals surface area contributed by atoms with E-state index in [0.29, 0.717) is 11.7 Å². The van der Waals surface area contributed by atoms with Crippen LogP contribution in [0.15, 0.2) is 30.3 Å². The van der Waals surface area contributed by atoms with Crippen LogP contribution in [0, 0.1) is 0 Å². The van der Waals surface area contributed by atoms with Crippen LogP contribution in [0.2, 0.25) is 5.15 Å². The zero-order valence-corrected chi connectivity index (χ0v) is 10.6. The molecule has 0 aliphatic rings. The van der Waals surface area contributed by atoms with E-state index in [9.17, 15) is 5.11 Å². The van der Waals surface area contributed by atoms with Crippen LogP contribution < -0.4 is 5.32 Å². The standard InChI is InChI=1S/C13H15ClN2O/c1-13(2,17)8-15-11-7-12(14)16-10-6-4-3-5-9(10)11/h3-7,17H,8H2,1-2H3,(H,15,16). The Hall–Kier alpha value is -1.32. The second-order valence-corrected chi connectivity index (χ2v) is 5.06. The van der Waals surface area contributed by atoms with Crippen molar-refractivity contribution in [1.82, 2.24) is 4.98 Å². The third kappa shape index (κ3) is 3.08. The Balaban J connectivity index is 2.39. The number of hydrogen-bond donors (Lipinski definition) is 2. The molecule has 0 bridgehead atoms. The van der Waals surface area contributed by atoms with E-state index in [1.165, 1.54) is 0 Å². The number of nitrogens with one attached hydrogen (secondary N) is 1. The maximum absolute atomic E-state index is 9.71. The van der Waals surface area contributed by atoms with Crippen molar-refractivity contribution < 1.29 is 5.11 Å². The molecule has 4 heteroatoms. The second-order valence-electron chi connectivity index (χ2n) is 4.68. The van der Waals surface area contributed by atoms with Crippen LogP contribution in [0.25, 0.3) is 10.9 Å². The maximum Gasteiger partial charge on any atom is 0.131 e. The number of aliphatic hydroxyl groups is 1. The van der Waals surface area contributed by atoms with E-state index in [0.717, 1.165) is 16.6 Å². The van der Waals surface area contributed by atoms with Gasteiger partial charge in [-0.05, 0) is 26.0 Å². The number of para-hydroxylation sites is 1. The summed E-state index contributed by atoms with van der Waals surface area (Å²) in [5.41, 5.74) is 0.970. The highest BCUT2D eigenvalue weighted by Crippen LogP contribution is 2.25. The van der Waals surface area contributed by atoms with Gasteiger partial charge in [-0.25, -0.2) is 4.98 Å². The van der Waals surface area contributed by atoms with Crippen LogP contribution in [0.1, 0.15) is 13.8 Å². The summed E-state index contributed by atoms with van der Waals surface area (Å²) in [4.78, 5) is 4.24. The van der Waals surface area contributed by atoms with Crippen LogP contribution in [0.5, 0.6) is 0 Å². The number of halogens is 1. The van der Waals surface area contributed by atoms with E-state index in [4.69, 9.17) is 11.6 Å². The van der Waals surface area contributed by atoms with Crippen molar-refractivity contribution in [2.45, 2.75) is 19.4 Å². The number of anilines is 1. The summed E-state index contributed by atoms with van der Waals surface area (Å²) in [6.45, 7) is 3.97. The van der Waals surface area contributed by atoms with E-state index >= 15 is 0 Å². The van der Waals surface area contributed by atoms with E-state index < -0.39 is 5.60 Å². The van der Waals surface area contributed by atoms with Gasteiger partial charge in [-0.1, -0.05) is 29.8 Å². The van der Waals surface area contributed by atoms with Gasteiger partial charge in [-0.15, -0.1) is 0 Å². The summed E-state index contributed by atoms with van der Waals surface area (Å²) < 4.78 is 0. The van der Waals surface area contributed by atoms with Crippen LogP contribution in [0.4, 0.5) is 5.69 Å². The molecule has 90 valence electrons. The van der Waals surface area contributed by atoms with Gasteiger partial charge in [-0.2, -0.15) is 0 Å². The smallest absolute Gasteiger partial charge is 0.131 e. The summed E-state index contributed by atoms with van der Waals surface area (Å²) in [7, 11) is 0. The molecule has 3 nitrogen and oxygen atoms in total. The highest BCUT2D eigenvalue weighted by molar-refractivity contribution is 6.30. The lowest BCUT2D eigenvalue weighted by Crippen LogP contribution is -2.29. The van der Waals surface area contributed by atoms with Crippen molar-refractivity contribution in [3.05, 3.63) is 35.5 Å². The van der Waals surface area contributed by atoms with Crippen molar-refractivity contribution >= 4 is 28.2 Å². The number of rotatable bonds is 3. The van der Waals surface area contributed by atoms with E-state index in [-0.39, 0.29) is 0 Å². The summed E-state index contributed by atoms with van der Waals surface area (Å²) in [5, 5.41) is 14.4. The second kappa shape index (κ2) is 4.51. The number of benzene rings is 1. The molecule has 0 aliphatic carbocycles. The normalized spacial score (nSPS) is 11.8. The van der Waals surface area contributed by atoms with Gasteiger partial charge in [0.05, 0.1) is 11.1 Å². The quantitative estimate of drug-likeness (QED) is 0.823. The van der Waals surface area contributed by atoms with Crippen molar-refractivity contribution in [2.75, 3.05) is 11.9 Å². The van der Waals surface area contributed by atoms with Gasteiger partial charge >= 0.3 is 0 Å². The van der Waals surface area contributed by atoms with Gasteiger partial charge in [-0.3, -0.25) is 0 Å². The molecule has 1 heterocycles. The zero-order chi connectivity index (χ0) is 12.5. The number of pyridine rings is 1. The zero-order valence-electron chi connectivity index (χ0n) is 9.87. The fourth-order valence-electron chi connectivity index (χ4n) is 1.60. The summed E-state index contributed by atoms with van der Waals surface area (Å²) in [6.07, 6.45) is 0. The molecule has 0 spiro atoms. The molecule has 1 aromatic carbocycles. The minimum atomic E-state index is -0.767. The Morgan fingerprint density at radius 2 is 2.06 bits per heavy atom. The molecule has 0 saturated heterocycles. The lowest BCUT2D eigenvalue weighted by Gasteiger charge is -2.19. The topological polar surface area (TPSA) is 45.1 Å².